The van der Waals surface area contributed by atoms with Gasteiger partial charge in [0.25, 0.3) is 0 Å². The number of nitrogens with one attached hydrogen (secondary N) is 2. The van der Waals surface area contributed by atoms with Crippen LogP contribution in [0.3, 0.4) is 0 Å². The van der Waals surface area contributed by atoms with Crippen molar-refractivity contribution in [3.8, 4) is 17.2 Å². The van der Waals surface area contributed by atoms with E-state index in [0.29, 0.717) is 28.5 Å². The molecule has 0 aromatic heterocycles. The maximum absolute atomic E-state index is 13.3. The first-order chi connectivity index (χ1) is 12.0. The molecule has 134 valence electrons. The lowest BCUT2D eigenvalue weighted by Gasteiger charge is -2.16. The highest BCUT2D eigenvalue weighted by Gasteiger charge is 2.16. The Morgan fingerprint density at radius 1 is 1.04 bits per heavy atom. The van der Waals surface area contributed by atoms with Crippen molar-refractivity contribution >= 4 is 11.7 Å². The van der Waals surface area contributed by atoms with Crippen molar-refractivity contribution in [1.82, 2.24) is 5.32 Å². The molecular formula is C18H21FN2O4. The lowest BCUT2D eigenvalue weighted by atomic mass is 10.1. The molecule has 6 nitrogen and oxygen atoms in total. The summed E-state index contributed by atoms with van der Waals surface area (Å²) in [5.74, 6) is 1.04. The first-order valence-corrected chi connectivity index (χ1v) is 7.59. The average molecular weight is 348 g/mol. The van der Waals surface area contributed by atoms with E-state index in [-0.39, 0.29) is 6.54 Å². The summed E-state index contributed by atoms with van der Waals surface area (Å²) in [6.45, 7) is 1.98. The van der Waals surface area contributed by atoms with Crippen LogP contribution in [0.5, 0.6) is 17.2 Å². The van der Waals surface area contributed by atoms with Crippen molar-refractivity contribution in [2.24, 2.45) is 0 Å². The van der Waals surface area contributed by atoms with E-state index in [9.17, 15) is 9.18 Å². The summed E-state index contributed by atoms with van der Waals surface area (Å²) in [6, 6.07) is 7.26. The van der Waals surface area contributed by atoms with Crippen LogP contribution in [0.15, 0.2) is 30.3 Å². The fourth-order valence-corrected chi connectivity index (χ4v) is 2.37. The Kier molecular flexibility index (Phi) is 6.05. The molecular weight excluding hydrogens is 327 g/mol. The zero-order chi connectivity index (χ0) is 18.4. The maximum atomic E-state index is 13.3. The minimum Gasteiger partial charge on any atom is -0.493 e. The van der Waals surface area contributed by atoms with Crippen LogP contribution in [-0.2, 0) is 6.54 Å². The van der Waals surface area contributed by atoms with E-state index in [1.165, 1.54) is 33.5 Å². The number of carbonyl (C=O) groups is 1. The molecule has 2 aromatic carbocycles. The molecule has 0 saturated heterocycles. The van der Waals surface area contributed by atoms with Gasteiger partial charge in [0.15, 0.2) is 11.5 Å². The lowest BCUT2D eigenvalue weighted by molar-refractivity contribution is 0.251. The maximum Gasteiger partial charge on any atom is 0.319 e. The van der Waals surface area contributed by atoms with E-state index in [1.807, 2.05) is 0 Å². The summed E-state index contributed by atoms with van der Waals surface area (Å²) in [6.07, 6.45) is 0. The Bertz CT molecular complexity index is 765. The number of urea groups is 1. The van der Waals surface area contributed by atoms with Crippen molar-refractivity contribution < 1.29 is 23.4 Å². The second-order valence-corrected chi connectivity index (χ2v) is 5.26. The Morgan fingerprint density at radius 3 is 2.40 bits per heavy atom. The van der Waals surface area contributed by atoms with Crippen molar-refractivity contribution in [2.75, 3.05) is 26.6 Å². The molecule has 0 heterocycles. The van der Waals surface area contributed by atoms with E-state index >= 15 is 0 Å². The third-order valence-corrected chi connectivity index (χ3v) is 3.67. The number of amides is 2. The van der Waals surface area contributed by atoms with Gasteiger partial charge in [-0.15, -0.1) is 0 Å². The smallest absolute Gasteiger partial charge is 0.319 e. The number of carbonyl (C=O) groups excluding carboxylic acids is 1. The van der Waals surface area contributed by atoms with Crippen molar-refractivity contribution in [3.05, 3.63) is 47.3 Å². The SMILES string of the molecule is COc1ccc(CNC(=O)Nc2cc(F)ccc2C)c(OC)c1OC. The van der Waals surface area contributed by atoms with Gasteiger partial charge in [0.2, 0.25) is 5.75 Å². The van der Waals surface area contributed by atoms with Crippen LogP contribution in [-0.4, -0.2) is 27.4 Å². The molecule has 0 aliphatic carbocycles. The first-order valence-electron chi connectivity index (χ1n) is 7.59. The number of methoxy groups -OCH3 is 3. The summed E-state index contributed by atoms with van der Waals surface area (Å²) in [5, 5.41) is 5.33. The van der Waals surface area contributed by atoms with Crippen LogP contribution in [0.4, 0.5) is 14.9 Å². The fourth-order valence-electron chi connectivity index (χ4n) is 2.37. The monoisotopic (exact) mass is 348 g/mol. The summed E-state index contributed by atoms with van der Waals surface area (Å²) in [7, 11) is 4.55. The van der Waals surface area contributed by atoms with Gasteiger partial charge >= 0.3 is 6.03 Å². The van der Waals surface area contributed by atoms with E-state index in [4.69, 9.17) is 14.2 Å². The number of anilines is 1. The van der Waals surface area contributed by atoms with Crippen LogP contribution >= 0.6 is 0 Å². The topological polar surface area (TPSA) is 68.8 Å². The Labute approximate surface area is 145 Å². The second kappa shape index (κ2) is 8.23. The molecule has 0 atom stereocenters. The fraction of sp³-hybridized carbons (Fsp3) is 0.278. The number of halogens is 1. The highest BCUT2D eigenvalue weighted by molar-refractivity contribution is 5.90. The molecule has 0 aliphatic heterocycles. The molecule has 0 aliphatic rings. The van der Waals surface area contributed by atoms with Gasteiger partial charge < -0.3 is 24.8 Å². The predicted molar refractivity (Wildman–Crippen MR) is 93.1 cm³/mol. The minimum absolute atomic E-state index is 0.198. The molecule has 2 aromatic rings. The summed E-state index contributed by atoms with van der Waals surface area (Å²) < 4.78 is 29.2. The number of rotatable bonds is 6. The summed E-state index contributed by atoms with van der Waals surface area (Å²) in [4.78, 5) is 12.1. The van der Waals surface area contributed by atoms with Gasteiger partial charge in [-0.25, -0.2) is 9.18 Å². The van der Waals surface area contributed by atoms with Crippen LogP contribution in [0.25, 0.3) is 0 Å². The average Bonchev–Trinajstić information content (AvgIpc) is 2.61. The van der Waals surface area contributed by atoms with E-state index in [2.05, 4.69) is 10.6 Å². The molecule has 0 bridgehead atoms. The van der Waals surface area contributed by atoms with Gasteiger partial charge in [0.05, 0.1) is 21.3 Å². The van der Waals surface area contributed by atoms with Gasteiger partial charge in [-0.1, -0.05) is 6.07 Å². The molecule has 0 radical (unpaired) electrons. The van der Waals surface area contributed by atoms with Crippen molar-refractivity contribution in [1.29, 1.82) is 0 Å². The van der Waals surface area contributed by atoms with Crippen molar-refractivity contribution in [3.63, 3.8) is 0 Å². The standard InChI is InChI=1S/C18H21FN2O4/c1-11-5-7-13(19)9-14(11)21-18(22)20-10-12-6-8-15(23-2)17(25-4)16(12)24-3/h5-9H,10H2,1-4H3,(H2,20,21,22). The molecule has 2 N–H and O–H groups in total. The lowest BCUT2D eigenvalue weighted by Crippen LogP contribution is -2.28. The number of hydrogen-bond acceptors (Lipinski definition) is 4. The minimum atomic E-state index is -0.453. The van der Waals surface area contributed by atoms with Gasteiger partial charge in [-0.05, 0) is 36.8 Å². The molecule has 7 heteroatoms. The molecule has 0 spiro atoms. The molecule has 0 fully saturated rings. The first kappa shape index (κ1) is 18.4. The largest absolute Gasteiger partial charge is 0.493 e. The second-order valence-electron chi connectivity index (χ2n) is 5.26. The number of benzene rings is 2. The summed E-state index contributed by atoms with van der Waals surface area (Å²) >= 11 is 0. The van der Waals surface area contributed by atoms with E-state index < -0.39 is 11.8 Å². The van der Waals surface area contributed by atoms with Crippen LogP contribution in [0.1, 0.15) is 11.1 Å². The van der Waals surface area contributed by atoms with E-state index in [1.54, 1.807) is 25.1 Å². The zero-order valence-corrected chi connectivity index (χ0v) is 14.6. The number of ether oxygens (including phenoxy) is 3. The zero-order valence-electron chi connectivity index (χ0n) is 14.6. The molecule has 0 saturated carbocycles. The highest BCUT2D eigenvalue weighted by atomic mass is 19.1. The number of hydrogen-bond donors (Lipinski definition) is 2. The third kappa shape index (κ3) is 4.32. The Morgan fingerprint density at radius 2 is 1.76 bits per heavy atom. The van der Waals surface area contributed by atoms with E-state index in [0.717, 1.165) is 5.56 Å². The van der Waals surface area contributed by atoms with Crippen LogP contribution < -0.4 is 24.8 Å². The summed E-state index contributed by atoms with van der Waals surface area (Å²) in [5.41, 5.74) is 1.89. The van der Waals surface area contributed by atoms with Crippen molar-refractivity contribution in [2.45, 2.75) is 13.5 Å². The van der Waals surface area contributed by atoms with Crippen LogP contribution in [0, 0.1) is 12.7 Å². The Hall–Kier alpha value is -2.96. The molecule has 2 amide bonds. The van der Waals surface area contributed by atoms with Gasteiger partial charge in [-0.3, -0.25) is 0 Å². The normalized spacial score (nSPS) is 10.1. The number of aryl methyl sites for hydroxylation is 1. The molecule has 2 rings (SSSR count). The van der Waals surface area contributed by atoms with Gasteiger partial charge in [0, 0.05) is 17.8 Å². The quantitative estimate of drug-likeness (QED) is 0.839. The molecule has 0 unspecified atom stereocenters. The highest BCUT2D eigenvalue weighted by Crippen LogP contribution is 2.39. The van der Waals surface area contributed by atoms with Gasteiger partial charge in [-0.2, -0.15) is 0 Å². The third-order valence-electron chi connectivity index (χ3n) is 3.67. The van der Waals surface area contributed by atoms with Crippen LogP contribution in [0.2, 0.25) is 0 Å². The Balaban J connectivity index is 2.10. The van der Waals surface area contributed by atoms with Gasteiger partial charge in [0.1, 0.15) is 5.82 Å². The molecule has 25 heavy (non-hydrogen) atoms. The predicted octanol–water partition coefficient (Wildman–Crippen LogP) is 3.48.